The molecule has 1 spiro atoms. The van der Waals surface area contributed by atoms with E-state index in [2.05, 4.69) is 15.2 Å². The van der Waals surface area contributed by atoms with Gasteiger partial charge in [0.2, 0.25) is 0 Å². The zero-order chi connectivity index (χ0) is 13.9. The molecule has 5 nitrogen and oxygen atoms in total. The molecule has 3 heterocycles. The second-order valence-corrected chi connectivity index (χ2v) is 4.65. The van der Waals surface area contributed by atoms with Gasteiger partial charge in [-0.2, -0.15) is 0 Å². The second kappa shape index (κ2) is 7.17. The Morgan fingerprint density at radius 3 is 2.85 bits per heavy atom. The van der Waals surface area contributed by atoms with Gasteiger partial charge in [0.1, 0.15) is 5.75 Å². The molecule has 2 aliphatic heterocycles. The van der Waals surface area contributed by atoms with Crippen LogP contribution in [0.15, 0.2) is 18.3 Å². The quantitative estimate of drug-likeness (QED) is 0.609. The van der Waals surface area contributed by atoms with Crippen LogP contribution in [0.25, 0.3) is 5.32 Å². The first-order valence-electron chi connectivity index (χ1n) is 6.73. The zero-order valence-corrected chi connectivity index (χ0v) is 14.8. The molecular weight excluding hydrogens is 428 g/mol. The molecule has 0 bridgehead atoms. The van der Waals surface area contributed by atoms with Gasteiger partial charge in [0, 0.05) is 46.1 Å². The smallest absolute Gasteiger partial charge is 0.164 e. The van der Waals surface area contributed by atoms with Crippen LogP contribution in [0.1, 0.15) is 26.0 Å². The summed E-state index contributed by atoms with van der Waals surface area (Å²) in [5.41, 5.74) is -0.0458. The van der Waals surface area contributed by atoms with E-state index in [0.29, 0.717) is 25.3 Å². The third-order valence-electron chi connectivity index (χ3n) is 3.34. The minimum absolute atomic E-state index is 0. The van der Waals surface area contributed by atoms with Crippen molar-refractivity contribution in [3.05, 3.63) is 29.3 Å². The van der Waals surface area contributed by atoms with E-state index in [1.807, 2.05) is 33.0 Å². The third-order valence-corrected chi connectivity index (χ3v) is 3.34. The van der Waals surface area contributed by atoms with Crippen LogP contribution in [0.4, 0.5) is 0 Å². The van der Waals surface area contributed by atoms with Crippen molar-refractivity contribution < 1.29 is 30.0 Å². The average molecular weight is 449 g/mol. The first kappa shape index (κ1) is 17.1. The predicted octanol–water partition coefficient (Wildman–Crippen LogP) is 1.97. The minimum atomic E-state index is -0.789. The van der Waals surface area contributed by atoms with Crippen LogP contribution in [-0.2, 0) is 31.8 Å². The standard InChI is InChI=1S/C12H15N3O2.C2H6.Re/c1-15-6-4-12(8-15)11(16)14-7-9-10(17-12)3-2-5-13-9;1-2;/h2-3,5H,4,6-8H2,1H3,(H,14,16);1-2H3;/p-1. The number of ether oxygens (including phenoxy) is 1. The summed E-state index contributed by atoms with van der Waals surface area (Å²) < 4.78 is 5.94. The number of amides is 1. The summed E-state index contributed by atoms with van der Waals surface area (Å²) in [7, 11) is 1.99. The van der Waals surface area contributed by atoms with E-state index in [1.54, 1.807) is 6.20 Å². The Bertz CT molecular complexity index is 469. The molecule has 111 valence electrons. The van der Waals surface area contributed by atoms with Crippen LogP contribution >= 0.6 is 0 Å². The van der Waals surface area contributed by atoms with Crippen molar-refractivity contribution in [3.8, 4) is 5.75 Å². The second-order valence-electron chi connectivity index (χ2n) is 4.65. The Morgan fingerprint density at radius 1 is 1.45 bits per heavy atom. The van der Waals surface area contributed by atoms with Crippen LogP contribution in [-0.4, -0.2) is 41.5 Å². The molecule has 1 unspecified atom stereocenters. The molecule has 2 aliphatic rings. The van der Waals surface area contributed by atoms with Crippen molar-refractivity contribution in [2.45, 2.75) is 32.4 Å². The monoisotopic (exact) mass is 449 g/mol. The normalized spacial score (nSPS) is 24.4. The Labute approximate surface area is 133 Å². The number of likely N-dealkylation sites (N-methyl/N-ethyl adjacent to an activating group) is 1. The van der Waals surface area contributed by atoms with E-state index in [1.165, 1.54) is 0 Å². The van der Waals surface area contributed by atoms with Crippen molar-refractivity contribution >= 4 is 5.91 Å². The molecule has 1 atom stereocenters. The Hall–Kier alpha value is -0.958. The number of aromatic nitrogens is 1. The van der Waals surface area contributed by atoms with Crippen LogP contribution in [0.3, 0.4) is 0 Å². The summed E-state index contributed by atoms with van der Waals surface area (Å²) in [6.45, 7) is 5.78. The van der Waals surface area contributed by atoms with E-state index < -0.39 is 5.60 Å². The van der Waals surface area contributed by atoms with Gasteiger partial charge in [-0.1, -0.05) is 20.4 Å². The number of hydrogen-bond acceptors (Lipinski definition) is 4. The van der Waals surface area contributed by atoms with E-state index in [-0.39, 0.29) is 26.3 Å². The van der Waals surface area contributed by atoms with Crippen LogP contribution in [0, 0.1) is 0 Å². The van der Waals surface area contributed by atoms with E-state index in [4.69, 9.17) is 4.74 Å². The molecule has 6 heteroatoms. The van der Waals surface area contributed by atoms with Crippen molar-refractivity contribution in [1.29, 1.82) is 0 Å². The molecular formula is C14H20N3O2Re-. The molecule has 0 aromatic carbocycles. The number of carbonyl (C=O) groups is 1. The van der Waals surface area contributed by atoms with Gasteiger partial charge >= 0.3 is 0 Å². The molecule has 0 N–H and O–H groups in total. The summed E-state index contributed by atoms with van der Waals surface area (Å²) in [5, 5.41) is 4.08. The SMILES string of the molecule is CC.CN1CCC2(C1)Oc1cccnc1C[N-]C2=O.[Re]. The van der Waals surface area contributed by atoms with Gasteiger partial charge in [-0.15, -0.1) is 0 Å². The zero-order valence-electron chi connectivity index (χ0n) is 12.1. The number of fused-ring (bicyclic) bond motifs is 1. The number of nitrogens with zero attached hydrogens (tertiary/aromatic N) is 3. The maximum atomic E-state index is 12.1. The van der Waals surface area contributed by atoms with E-state index >= 15 is 0 Å². The fraction of sp³-hybridized carbons (Fsp3) is 0.571. The summed E-state index contributed by atoms with van der Waals surface area (Å²) in [5.74, 6) is 0.539. The Kier molecular flexibility index (Phi) is 6.12. The molecule has 1 fully saturated rings. The number of carbonyl (C=O) groups excluding carboxylic acids is 1. The van der Waals surface area contributed by atoms with Gasteiger partial charge in [-0.05, 0) is 19.2 Å². The number of likely N-dealkylation sites (tertiary alicyclic amines) is 1. The van der Waals surface area contributed by atoms with Crippen molar-refractivity contribution in [2.24, 2.45) is 0 Å². The van der Waals surface area contributed by atoms with Gasteiger partial charge in [-0.25, -0.2) is 0 Å². The third kappa shape index (κ3) is 3.20. The minimum Gasteiger partial charge on any atom is -0.645 e. The van der Waals surface area contributed by atoms with E-state index in [9.17, 15) is 4.79 Å². The van der Waals surface area contributed by atoms with Crippen molar-refractivity contribution in [1.82, 2.24) is 9.88 Å². The maximum Gasteiger partial charge on any atom is 0.164 e. The first-order valence-corrected chi connectivity index (χ1v) is 6.73. The van der Waals surface area contributed by atoms with Gasteiger partial charge in [-0.3, -0.25) is 4.98 Å². The molecule has 0 aliphatic carbocycles. The number of rotatable bonds is 0. The topological polar surface area (TPSA) is 56.5 Å². The van der Waals surface area contributed by atoms with Gasteiger partial charge in [0.25, 0.3) is 0 Å². The number of pyridine rings is 1. The van der Waals surface area contributed by atoms with Crippen LogP contribution in [0.2, 0.25) is 0 Å². The molecule has 0 saturated carbocycles. The Balaban J connectivity index is 0.000000639. The fourth-order valence-electron chi connectivity index (χ4n) is 2.40. The largest absolute Gasteiger partial charge is 0.645 e. The van der Waals surface area contributed by atoms with Gasteiger partial charge in [0.05, 0.1) is 11.6 Å². The van der Waals surface area contributed by atoms with E-state index in [0.717, 1.165) is 12.2 Å². The number of hydrogen-bond donors (Lipinski definition) is 0. The Morgan fingerprint density at radius 2 is 2.20 bits per heavy atom. The van der Waals surface area contributed by atoms with Gasteiger partial charge < -0.3 is 19.7 Å². The molecule has 3 rings (SSSR count). The van der Waals surface area contributed by atoms with Gasteiger partial charge in [0.15, 0.2) is 5.60 Å². The van der Waals surface area contributed by atoms with Crippen LogP contribution in [0.5, 0.6) is 5.75 Å². The maximum absolute atomic E-state index is 12.1. The summed E-state index contributed by atoms with van der Waals surface area (Å²) in [6.07, 6.45) is 2.39. The van der Waals surface area contributed by atoms with Crippen molar-refractivity contribution in [2.75, 3.05) is 20.1 Å². The first-order chi connectivity index (χ1) is 9.20. The summed E-state index contributed by atoms with van der Waals surface area (Å²) >= 11 is 0. The molecule has 20 heavy (non-hydrogen) atoms. The molecule has 1 radical (unpaired) electrons. The van der Waals surface area contributed by atoms with Crippen molar-refractivity contribution in [3.63, 3.8) is 0 Å². The fourth-order valence-corrected chi connectivity index (χ4v) is 2.40. The molecule has 1 aromatic heterocycles. The van der Waals surface area contributed by atoms with Crippen LogP contribution < -0.4 is 4.74 Å². The average Bonchev–Trinajstić information content (AvgIpc) is 2.75. The predicted molar refractivity (Wildman–Crippen MR) is 73.1 cm³/mol. The molecule has 1 aromatic rings. The molecule has 1 amide bonds. The summed E-state index contributed by atoms with van der Waals surface area (Å²) in [4.78, 5) is 18.4. The molecule has 1 saturated heterocycles. The summed E-state index contributed by atoms with van der Waals surface area (Å²) in [6, 6.07) is 3.68.